The fourth-order valence-corrected chi connectivity index (χ4v) is 2.68. The van der Waals surface area contributed by atoms with Gasteiger partial charge in [-0.2, -0.15) is 4.98 Å². The summed E-state index contributed by atoms with van der Waals surface area (Å²) in [5.41, 5.74) is 1.25. The molecule has 0 radical (unpaired) electrons. The summed E-state index contributed by atoms with van der Waals surface area (Å²) in [6.45, 7) is 0.242. The molecule has 0 saturated heterocycles. The van der Waals surface area contributed by atoms with Crippen molar-refractivity contribution in [3.63, 3.8) is 0 Å². The maximum absolute atomic E-state index is 13.8. The topological polar surface area (TPSA) is 86.0 Å². The number of nitrogens with zero attached hydrogens (tertiary/aromatic N) is 4. The number of benzene rings is 2. The van der Waals surface area contributed by atoms with E-state index in [1.165, 1.54) is 19.5 Å². The van der Waals surface area contributed by atoms with Gasteiger partial charge in [0.25, 0.3) is 0 Å². The monoisotopic (exact) mass is 385 g/mol. The van der Waals surface area contributed by atoms with Crippen molar-refractivity contribution in [1.29, 1.82) is 0 Å². The Hall–Kier alpha value is -3.26. The normalized spacial score (nSPS) is 10.9. The molecule has 0 bridgehead atoms. The second-order valence-electron chi connectivity index (χ2n) is 5.60. The van der Waals surface area contributed by atoms with Gasteiger partial charge in [0.2, 0.25) is 11.7 Å². The minimum Gasteiger partial charge on any atom is -0.494 e. The van der Waals surface area contributed by atoms with Gasteiger partial charge in [-0.3, -0.25) is 0 Å². The van der Waals surface area contributed by atoms with Gasteiger partial charge in [0.05, 0.1) is 19.2 Å². The van der Waals surface area contributed by atoms with E-state index < -0.39 is 5.82 Å². The Kier molecular flexibility index (Phi) is 4.55. The van der Waals surface area contributed by atoms with Crippen LogP contribution in [0.1, 0.15) is 5.89 Å². The van der Waals surface area contributed by atoms with Gasteiger partial charge in [0.15, 0.2) is 11.6 Å². The molecule has 7 nitrogen and oxygen atoms in total. The highest BCUT2D eigenvalue weighted by atomic mass is 35.5. The summed E-state index contributed by atoms with van der Waals surface area (Å²) in [4.78, 5) is 12.6. The summed E-state index contributed by atoms with van der Waals surface area (Å²) in [5, 5.41) is 8.31. The van der Waals surface area contributed by atoms with Gasteiger partial charge in [-0.25, -0.2) is 14.4 Å². The molecule has 4 rings (SSSR count). The van der Waals surface area contributed by atoms with E-state index in [1.54, 1.807) is 18.2 Å². The quantitative estimate of drug-likeness (QED) is 0.553. The van der Waals surface area contributed by atoms with Crippen LogP contribution in [0.25, 0.3) is 22.3 Å². The average molecular weight is 386 g/mol. The second kappa shape index (κ2) is 7.16. The van der Waals surface area contributed by atoms with Gasteiger partial charge < -0.3 is 14.6 Å². The van der Waals surface area contributed by atoms with E-state index in [1.807, 2.05) is 12.1 Å². The van der Waals surface area contributed by atoms with Crippen molar-refractivity contribution in [3.8, 4) is 17.1 Å². The van der Waals surface area contributed by atoms with Crippen LogP contribution in [-0.4, -0.2) is 27.2 Å². The molecule has 0 aliphatic heterocycles. The number of aromatic nitrogens is 4. The molecule has 2 aromatic heterocycles. The molecule has 0 aliphatic rings. The molecule has 4 aromatic rings. The van der Waals surface area contributed by atoms with Gasteiger partial charge in [0, 0.05) is 22.0 Å². The molecule has 0 aliphatic carbocycles. The van der Waals surface area contributed by atoms with E-state index in [0.717, 1.165) is 5.56 Å². The third kappa shape index (κ3) is 3.52. The molecule has 0 saturated carbocycles. The molecule has 2 heterocycles. The first kappa shape index (κ1) is 17.2. The Labute approximate surface area is 158 Å². The second-order valence-corrected chi connectivity index (χ2v) is 6.03. The third-order valence-corrected chi connectivity index (χ3v) is 4.14. The zero-order valence-electron chi connectivity index (χ0n) is 14.1. The lowest BCUT2D eigenvalue weighted by Crippen LogP contribution is -2.03. The number of ether oxygens (including phenoxy) is 1. The molecular weight excluding hydrogens is 373 g/mol. The van der Waals surface area contributed by atoms with Crippen LogP contribution in [0.5, 0.6) is 5.75 Å². The lowest BCUT2D eigenvalue weighted by atomic mass is 10.2. The first-order chi connectivity index (χ1) is 13.1. The van der Waals surface area contributed by atoms with Crippen molar-refractivity contribution >= 4 is 28.3 Å². The predicted octanol–water partition coefficient (Wildman–Crippen LogP) is 4.09. The first-order valence-corrected chi connectivity index (χ1v) is 8.32. The van der Waals surface area contributed by atoms with E-state index >= 15 is 0 Å². The molecule has 0 fully saturated rings. The molecule has 9 heteroatoms. The molecular formula is C18H13ClFN5O2. The Morgan fingerprint density at radius 3 is 2.78 bits per heavy atom. The summed E-state index contributed by atoms with van der Waals surface area (Å²) in [7, 11) is 1.40. The number of fused-ring (bicyclic) bond motifs is 1. The van der Waals surface area contributed by atoms with E-state index in [0.29, 0.717) is 33.5 Å². The van der Waals surface area contributed by atoms with Crippen LogP contribution >= 0.6 is 11.6 Å². The lowest BCUT2D eigenvalue weighted by Gasteiger charge is -2.08. The number of anilines is 1. The minimum absolute atomic E-state index is 0.114. The van der Waals surface area contributed by atoms with Gasteiger partial charge in [-0.05, 0) is 30.3 Å². The fourth-order valence-electron chi connectivity index (χ4n) is 2.56. The van der Waals surface area contributed by atoms with Crippen molar-refractivity contribution in [1.82, 2.24) is 20.1 Å². The summed E-state index contributed by atoms with van der Waals surface area (Å²) >= 11 is 5.88. The van der Waals surface area contributed by atoms with Crippen LogP contribution in [-0.2, 0) is 6.54 Å². The smallest absolute Gasteiger partial charge is 0.246 e. The van der Waals surface area contributed by atoms with Crippen LogP contribution in [0.3, 0.4) is 0 Å². The van der Waals surface area contributed by atoms with Crippen LogP contribution in [0.2, 0.25) is 5.02 Å². The molecule has 0 atom stereocenters. The highest BCUT2D eigenvalue weighted by Gasteiger charge is 2.12. The molecule has 2 aromatic carbocycles. The Balaban J connectivity index is 1.56. The maximum atomic E-state index is 13.8. The molecule has 27 heavy (non-hydrogen) atoms. The molecule has 1 N–H and O–H groups in total. The standard InChI is InChI=1S/C18H13ClFN5O2/c1-26-15-6-12-14(7-13(15)20)22-9-23-18(12)21-8-16-24-17(25-27-16)10-2-4-11(19)5-3-10/h2-7,9H,8H2,1H3,(H,21,22,23). The lowest BCUT2D eigenvalue weighted by molar-refractivity contribution is 0.384. The van der Waals surface area contributed by atoms with Crippen molar-refractivity contribution in [3.05, 3.63) is 59.5 Å². The summed E-state index contributed by atoms with van der Waals surface area (Å²) in [6, 6.07) is 9.97. The fraction of sp³-hybridized carbons (Fsp3) is 0.111. The van der Waals surface area contributed by atoms with Crippen LogP contribution in [0.15, 0.2) is 47.2 Å². The maximum Gasteiger partial charge on any atom is 0.246 e. The Morgan fingerprint density at radius 2 is 2.00 bits per heavy atom. The minimum atomic E-state index is -0.487. The highest BCUT2D eigenvalue weighted by Crippen LogP contribution is 2.27. The highest BCUT2D eigenvalue weighted by molar-refractivity contribution is 6.30. The van der Waals surface area contributed by atoms with Gasteiger partial charge in [0.1, 0.15) is 12.1 Å². The number of halogens is 2. The van der Waals surface area contributed by atoms with Crippen molar-refractivity contribution in [2.75, 3.05) is 12.4 Å². The van der Waals surface area contributed by atoms with Crippen LogP contribution in [0, 0.1) is 5.82 Å². The zero-order chi connectivity index (χ0) is 18.8. The largest absolute Gasteiger partial charge is 0.494 e. The SMILES string of the molecule is COc1cc2c(NCc3nc(-c4ccc(Cl)cc4)no3)ncnc2cc1F. The van der Waals surface area contributed by atoms with Crippen LogP contribution < -0.4 is 10.1 Å². The van der Waals surface area contributed by atoms with Gasteiger partial charge >= 0.3 is 0 Å². The van der Waals surface area contributed by atoms with Crippen LogP contribution in [0.4, 0.5) is 10.2 Å². The van der Waals surface area contributed by atoms with E-state index in [2.05, 4.69) is 25.4 Å². The molecule has 0 unspecified atom stereocenters. The number of hydrogen-bond donors (Lipinski definition) is 1. The molecule has 136 valence electrons. The number of methoxy groups -OCH3 is 1. The Bertz CT molecular complexity index is 1100. The van der Waals surface area contributed by atoms with E-state index in [-0.39, 0.29) is 12.3 Å². The third-order valence-electron chi connectivity index (χ3n) is 3.89. The van der Waals surface area contributed by atoms with E-state index in [4.69, 9.17) is 20.9 Å². The summed E-state index contributed by atoms with van der Waals surface area (Å²) < 4.78 is 24.1. The van der Waals surface area contributed by atoms with Gasteiger partial charge in [-0.15, -0.1) is 0 Å². The Morgan fingerprint density at radius 1 is 1.19 bits per heavy atom. The molecule has 0 spiro atoms. The van der Waals surface area contributed by atoms with Crippen molar-refractivity contribution in [2.45, 2.75) is 6.54 Å². The van der Waals surface area contributed by atoms with Crippen molar-refractivity contribution < 1.29 is 13.7 Å². The summed E-state index contributed by atoms with van der Waals surface area (Å²) in [6.07, 6.45) is 1.35. The van der Waals surface area contributed by atoms with Crippen molar-refractivity contribution in [2.24, 2.45) is 0 Å². The number of nitrogens with one attached hydrogen (secondary N) is 1. The average Bonchev–Trinajstić information content (AvgIpc) is 3.15. The predicted molar refractivity (Wildman–Crippen MR) is 98.1 cm³/mol. The number of rotatable bonds is 5. The number of hydrogen-bond acceptors (Lipinski definition) is 7. The van der Waals surface area contributed by atoms with E-state index in [9.17, 15) is 4.39 Å². The van der Waals surface area contributed by atoms with Gasteiger partial charge in [-0.1, -0.05) is 16.8 Å². The summed E-state index contributed by atoms with van der Waals surface area (Å²) in [5.74, 6) is 0.965. The zero-order valence-corrected chi connectivity index (χ0v) is 14.9. The molecule has 0 amide bonds. The first-order valence-electron chi connectivity index (χ1n) is 7.94.